The smallest absolute Gasteiger partial charge is 0.147 e. The number of carbonyl (C=O) groups excluding carboxylic acids is 1. The summed E-state index contributed by atoms with van der Waals surface area (Å²) in [7, 11) is 0. The van der Waals surface area contributed by atoms with Gasteiger partial charge < -0.3 is 0 Å². The Morgan fingerprint density at radius 2 is 2.07 bits per heavy atom. The van der Waals surface area contributed by atoms with E-state index in [0.29, 0.717) is 0 Å². The second kappa shape index (κ2) is 3.96. The van der Waals surface area contributed by atoms with E-state index in [2.05, 4.69) is 0 Å². The van der Waals surface area contributed by atoms with Crippen molar-refractivity contribution < 1.29 is 9.18 Å². The van der Waals surface area contributed by atoms with Crippen LogP contribution in [0.4, 0.5) is 4.39 Å². The topological polar surface area (TPSA) is 17.1 Å². The molecule has 0 fully saturated rings. The Kier molecular flexibility index (Phi) is 2.68. The van der Waals surface area contributed by atoms with Gasteiger partial charge in [0, 0.05) is 11.3 Å². The van der Waals surface area contributed by atoms with Crippen molar-refractivity contribution in [2.24, 2.45) is 0 Å². The van der Waals surface area contributed by atoms with Crippen molar-refractivity contribution >= 4 is 18.0 Å². The van der Waals surface area contributed by atoms with Gasteiger partial charge in [0.15, 0.2) is 0 Å². The highest BCUT2D eigenvalue weighted by atomic mass is 32.2. The molecule has 0 saturated carbocycles. The lowest BCUT2D eigenvalue weighted by atomic mass is 10.1. The van der Waals surface area contributed by atoms with Gasteiger partial charge in [-0.15, -0.1) is 11.8 Å². The number of halogens is 1. The van der Waals surface area contributed by atoms with E-state index in [1.165, 1.54) is 12.1 Å². The Morgan fingerprint density at radius 3 is 2.71 bits per heavy atom. The minimum absolute atomic E-state index is 0.0908. The summed E-state index contributed by atoms with van der Waals surface area (Å²) in [6, 6.07) is 6.32. The van der Waals surface area contributed by atoms with Gasteiger partial charge in [-0.05, 0) is 17.7 Å². The average molecular weight is 208 g/mol. The molecule has 14 heavy (non-hydrogen) atoms. The quantitative estimate of drug-likeness (QED) is 0.695. The van der Waals surface area contributed by atoms with E-state index < -0.39 is 0 Å². The fourth-order valence-electron chi connectivity index (χ4n) is 1.48. The molecule has 0 saturated heterocycles. The number of rotatable bonds is 2. The minimum Gasteiger partial charge on any atom is -0.298 e. The van der Waals surface area contributed by atoms with Gasteiger partial charge in [0.25, 0.3) is 0 Å². The molecule has 0 bridgehead atoms. The zero-order valence-electron chi connectivity index (χ0n) is 7.44. The molecule has 1 heterocycles. The van der Waals surface area contributed by atoms with Crippen molar-refractivity contribution in [2.45, 2.75) is 5.25 Å². The highest BCUT2D eigenvalue weighted by Gasteiger charge is 2.20. The number of aldehydes is 1. The molecule has 0 spiro atoms. The molecule has 1 aromatic carbocycles. The van der Waals surface area contributed by atoms with Gasteiger partial charge in [0.1, 0.15) is 12.1 Å². The standard InChI is InChI=1S/C11H9FOS/c12-10-3-1-8(2-4-10)11-9(7-13)5-6-14-11/h1-5,7,11H,6H2/t11-/m1/s1. The normalized spacial score (nSPS) is 20.6. The van der Waals surface area contributed by atoms with Gasteiger partial charge in [0.2, 0.25) is 0 Å². The van der Waals surface area contributed by atoms with Gasteiger partial charge in [-0.2, -0.15) is 0 Å². The largest absolute Gasteiger partial charge is 0.298 e. The van der Waals surface area contributed by atoms with Gasteiger partial charge in [-0.1, -0.05) is 18.2 Å². The van der Waals surface area contributed by atoms with Crippen LogP contribution in [-0.4, -0.2) is 12.0 Å². The first-order valence-corrected chi connectivity index (χ1v) is 5.38. The molecule has 1 nitrogen and oxygen atoms in total. The number of hydrogen-bond donors (Lipinski definition) is 0. The number of benzene rings is 1. The van der Waals surface area contributed by atoms with Gasteiger partial charge in [-0.25, -0.2) is 4.39 Å². The zero-order chi connectivity index (χ0) is 9.97. The highest BCUT2D eigenvalue weighted by Crippen LogP contribution is 2.39. The SMILES string of the molecule is O=CC1=CCS[C@@H]1c1ccc(F)cc1. The van der Waals surface area contributed by atoms with E-state index in [0.717, 1.165) is 23.2 Å². The molecule has 1 aliphatic heterocycles. The van der Waals surface area contributed by atoms with E-state index >= 15 is 0 Å². The summed E-state index contributed by atoms with van der Waals surface area (Å²) >= 11 is 1.69. The molecule has 0 amide bonds. The number of thioether (sulfide) groups is 1. The monoisotopic (exact) mass is 208 g/mol. The summed E-state index contributed by atoms with van der Waals surface area (Å²) in [5.74, 6) is 0.615. The third-order valence-electron chi connectivity index (χ3n) is 2.19. The molecule has 1 aliphatic rings. The van der Waals surface area contributed by atoms with Gasteiger partial charge in [-0.3, -0.25) is 4.79 Å². The van der Waals surface area contributed by atoms with Crippen LogP contribution in [0.15, 0.2) is 35.9 Å². The molecule has 3 heteroatoms. The molecule has 72 valence electrons. The average Bonchev–Trinajstić information content (AvgIpc) is 2.67. The molecular formula is C11H9FOS. The third kappa shape index (κ3) is 1.73. The lowest BCUT2D eigenvalue weighted by Crippen LogP contribution is -1.95. The van der Waals surface area contributed by atoms with Crippen molar-refractivity contribution in [3.63, 3.8) is 0 Å². The molecule has 0 aliphatic carbocycles. The molecule has 2 rings (SSSR count). The highest BCUT2D eigenvalue weighted by molar-refractivity contribution is 8.00. The van der Waals surface area contributed by atoms with E-state index in [9.17, 15) is 9.18 Å². The summed E-state index contributed by atoms with van der Waals surface area (Å²) in [5.41, 5.74) is 1.79. The number of carbonyl (C=O) groups is 1. The van der Waals surface area contributed by atoms with E-state index in [1.54, 1.807) is 23.9 Å². The molecule has 0 unspecified atom stereocenters. The van der Waals surface area contributed by atoms with Crippen LogP contribution < -0.4 is 0 Å². The molecule has 0 N–H and O–H groups in total. The second-order valence-corrected chi connectivity index (χ2v) is 4.22. The van der Waals surface area contributed by atoms with Crippen molar-refractivity contribution in [3.05, 3.63) is 47.3 Å². The molecule has 0 radical (unpaired) electrons. The third-order valence-corrected chi connectivity index (χ3v) is 3.43. The lowest BCUT2D eigenvalue weighted by molar-refractivity contribution is -0.105. The predicted octanol–water partition coefficient (Wildman–Crippen LogP) is 2.74. The Hall–Kier alpha value is -1.09. The lowest BCUT2D eigenvalue weighted by Gasteiger charge is -2.10. The molecule has 1 aromatic rings. The van der Waals surface area contributed by atoms with Crippen molar-refractivity contribution in [1.82, 2.24) is 0 Å². The first kappa shape index (κ1) is 9.46. The predicted molar refractivity (Wildman–Crippen MR) is 55.7 cm³/mol. The first-order valence-electron chi connectivity index (χ1n) is 4.33. The molecular weight excluding hydrogens is 199 g/mol. The second-order valence-electron chi connectivity index (χ2n) is 3.09. The van der Waals surface area contributed by atoms with Crippen LogP contribution in [0, 0.1) is 5.82 Å². The van der Waals surface area contributed by atoms with Crippen LogP contribution in [0.3, 0.4) is 0 Å². The maximum absolute atomic E-state index is 12.7. The Balaban J connectivity index is 2.27. The number of hydrogen-bond acceptors (Lipinski definition) is 2. The van der Waals surface area contributed by atoms with Crippen molar-refractivity contribution in [2.75, 3.05) is 5.75 Å². The van der Waals surface area contributed by atoms with Crippen LogP contribution in [0.1, 0.15) is 10.8 Å². The Bertz CT molecular complexity index is 369. The Labute approximate surface area is 86.0 Å². The maximum atomic E-state index is 12.7. The van der Waals surface area contributed by atoms with Crippen LogP contribution in [0.2, 0.25) is 0 Å². The van der Waals surface area contributed by atoms with Crippen LogP contribution in [0.25, 0.3) is 0 Å². The Morgan fingerprint density at radius 1 is 1.36 bits per heavy atom. The van der Waals surface area contributed by atoms with Crippen molar-refractivity contribution in [3.8, 4) is 0 Å². The zero-order valence-corrected chi connectivity index (χ0v) is 8.26. The fraction of sp³-hybridized carbons (Fsp3) is 0.182. The minimum atomic E-state index is -0.242. The van der Waals surface area contributed by atoms with Crippen LogP contribution >= 0.6 is 11.8 Å². The first-order chi connectivity index (χ1) is 6.81. The van der Waals surface area contributed by atoms with Gasteiger partial charge >= 0.3 is 0 Å². The van der Waals surface area contributed by atoms with E-state index in [-0.39, 0.29) is 11.1 Å². The molecule has 1 atom stereocenters. The maximum Gasteiger partial charge on any atom is 0.147 e. The van der Waals surface area contributed by atoms with Crippen molar-refractivity contribution in [1.29, 1.82) is 0 Å². The van der Waals surface area contributed by atoms with Gasteiger partial charge in [0.05, 0.1) is 5.25 Å². The van der Waals surface area contributed by atoms with Crippen LogP contribution in [0.5, 0.6) is 0 Å². The molecule has 0 aromatic heterocycles. The summed E-state index contributed by atoms with van der Waals surface area (Å²) in [5, 5.41) is 0.0908. The summed E-state index contributed by atoms with van der Waals surface area (Å²) in [4.78, 5) is 10.7. The van der Waals surface area contributed by atoms with Crippen LogP contribution in [-0.2, 0) is 4.79 Å². The fourth-order valence-corrected chi connectivity index (χ4v) is 2.65. The van der Waals surface area contributed by atoms with E-state index in [4.69, 9.17) is 0 Å². The summed E-state index contributed by atoms with van der Waals surface area (Å²) in [6.45, 7) is 0. The summed E-state index contributed by atoms with van der Waals surface area (Å²) < 4.78 is 12.7. The summed E-state index contributed by atoms with van der Waals surface area (Å²) in [6.07, 6.45) is 2.81. The van der Waals surface area contributed by atoms with E-state index in [1.807, 2.05) is 6.08 Å².